The monoisotopic (exact) mass is 330 g/mol. The van der Waals surface area contributed by atoms with Crippen LogP contribution in [0.4, 0.5) is 11.4 Å². The van der Waals surface area contributed by atoms with E-state index in [-0.39, 0.29) is 18.4 Å². The largest absolute Gasteiger partial charge is 0.325 e. The normalized spacial score (nSPS) is 10.3. The Morgan fingerprint density at radius 3 is 2.48 bits per heavy atom. The summed E-state index contributed by atoms with van der Waals surface area (Å²) >= 11 is 5.95. The lowest BCUT2D eigenvalue weighted by Crippen LogP contribution is -2.37. The summed E-state index contributed by atoms with van der Waals surface area (Å²) in [6.07, 6.45) is 0. The molecule has 2 aromatic carbocycles. The van der Waals surface area contributed by atoms with Crippen LogP contribution in [0.2, 0.25) is 5.02 Å². The number of hydrogen-bond acceptors (Lipinski definition) is 2. The Morgan fingerprint density at radius 2 is 1.87 bits per heavy atom. The molecule has 0 radical (unpaired) electrons. The second-order valence-electron chi connectivity index (χ2n) is 5.45. The Bertz CT molecular complexity index is 744. The zero-order valence-corrected chi connectivity index (χ0v) is 14.1. The topological polar surface area (TPSA) is 49.4 Å². The molecule has 0 unspecified atom stereocenters. The lowest BCUT2D eigenvalue weighted by molar-refractivity contribution is -0.120. The van der Waals surface area contributed by atoms with E-state index in [0.29, 0.717) is 16.4 Å². The second-order valence-corrected chi connectivity index (χ2v) is 5.89. The summed E-state index contributed by atoms with van der Waals surface area (Å²) < 4.78 is 0. The molecule has 0 aliphatic carbocycles. The lowest BCUT2D eigenvalue weighted by Gasteiger charge is -2.22. The summed E-state index contributed by atoms with van der Waals surface area (Å²) in [6, 6.07) is 12.7. The maximum absolute atomic E-state index is 12.3. The number of halogens is 1. The molecule has 0 aromatic heterocycles. The summed E-state index contributed by atoms with van der Waals surface area (Å²) in [5.41, 5.74) is 3.29. The van der Waals surface area contributed by atoms with Gasteiger partial charge in [-0.05, 0) is 55.3 Å². The summed E-state index contributed by atoms with van der Waals surface area (Å²) in [5, 5.41) is 3.41. The van der Waals surface area contributed by atoms with Crippen molar-refractivity contribution in [1.29, 1.82) is 0 Å². The van der Waals surface area contributed by atoms with Crippen molar-refractivity contribution in [3.63, 3.8) is 0 Å². The Balaban J connectivity index is 2.16. The highest BCUT2D eigenvalue weighted by Crippen LogP contribution is 2.24. The van der Waals surface area contributed by atoms with Crippen molar-refractivity contribution in [3.05, 3.63) is 58.6 Å². The van der Waals surface area contributed by atoms with Gasteiger partial charge >= 0.3 is 0 Å². The summed E-state index contributed by atoms with van der Waals surface area (Å²) in [6.45, 7) is 5.20. The molecule has 0 fully saturated rings. The average Bonchev–Trinajstić information content (AvgIpc) is 2.45. The van der Waals surface area contributed by atoms with Gasteiger partial charge in [0.15, 0.2) is 0 Å². The summed E-state index contributed by atoms with van der Waals surface area (Å²) in [7, 11) is 0. The number of anilines is 2. The molecule has 120 valence electrons. The molecule has 2 rings (SSSR count). The van der Waals surface area contributed by atoms with Crippen LogP contribution < -0.4 is 10.2 Å². The third kappa shape index (κ3) is 4.57. The average molecular weight is 331 g/mol. The van der Waals surface area contributed by atoms with E-state index < -0.39 is 0 Å². The van der Waals surface area contributed by atoms with Gasteiger partial charge in [0.2, 0.25) is 11.8 Å². The van der Waals surface area contributed by atoms with Crippen LogP contribution in [0.1, 0.15) is 18.1 Å². The van der Waals surface area contributed by atoms with Crippen LogP contribution in [0.15, 0.2) is 42.5 Å². The van der Waals surface area contributed by atoms with Crippen LogP contribution in [0.25, 0.3) is 0 Å². The second kappa shape index (κ2) is 7.29. The van der Waals surface area contributed by atoms with Gasteiger partial charge in [-0.15, -0.1) is 0 Å². The highest BCUT2D eigenvalue weighted by molar-refractivity contribution is 6.30. The fourth-order valence-corrected chi connectivity index (χ4v) is 2.58. The predicted molar refractivity (Wildman–Crippen MR) is 94.0 cm³/mol. The molecule has 0 atom stereocenters. The van der Waals surface area contributed by atoms with Gasteiger partial charge in [-0.2, -0.15) is 0 Å². The van der Waals surface area contributed by atoms with Crippen LogP contribution in [0, 0.1) is 13.8 Å². The molecule has 0 spiro atoms. The van der Waals surface area contributed by atoms with E-state index in [4.69, 9.17) is 11.6 Å². The maximum Gasteiger partial charge on any atom is 0.244 e. The highest BCUT2D eigenvalue weighted by atomic mass is 35.5. The first kappa shape index (κ1) is 17.0. The number of nitrogens with zero attached hydrogens (tertiary/aromatic N) is 1. The first-order valence-electron chi connectivity index (χ1n) is 7.27. The maximum atomic E-state index is 12.3. The fraction of sp³-hybridized carbons (Fsp3) is 0.222. The molecular formula is C18H19ClN2O2. The van der Waals surface area contributed by atoms with E-state index in [1.165, 1.54) is 11.8 Å². The Labute approximate surface area is 141 Å². The smallest absolute Gasteiger partial charge is 0.244 e. The third-order valence-electron chi connectivity index (χ3n) is 3.43. The number of nitrogens with one attached hydrogen (secondary N) is 1. The number of benzene rings is 2. The fourth-order valence-electron chi connectivity index (χ4n) is 2.35. The molecule has 2 amide bonds. The number of hydrogen-bond donors (Lipinski definition) is 1. The van der Waals surface area contributed by atoms with Crippen LogP contribution in [-0.4, -0.2) is 18.4 Å². The number of aryl methyl sites for hydroxylation is 2. The first-order chi connectivity index (χ1) is 10.9. The molecule has 0 saturated heterocycles. The summed E-state index contributed by atoms with van der Waals surface area (Å²) in [4.78, 5) is 25.6. The van der Waals surface area contributed by atoms with Gasteiger partial charge in [-0.3, -0.25) is 9.59 Å². The number of amides is 2. The lowest BCUT2D eigenvalue weighted by atomic mass is 10.1. The summed E-state index contributed by atoms with van der Waals surface area (Å²) in [5.74, 6) is -0.449. The molecular weight excluding hydrogens is 312 g/mol. The molecule has 23 heavy (non-hydrogen) atoms. The number of carbonyl (C=O) groups excluding carboxylic acids is 2. The molecule has 2 aromatic rings. The number of rotatable bonds is 4. The minimum Gasteiger partial charge on any atom is -0.325 e. The molecule has 0 saturated carbocycles. The van der Waals surface area contributed by atoms with Crippen molar-refractivity contribution in [2.24, 2.45) is 0 Å². The van der Waals surface area contributed by atoms with Crippen LogP contribution in [-0.2, 0) is 9.59 Å². The first-order valence-corrected chi connectivity index (χ1v) is 7.65. The van der Waals surface area contributed by atoms with Crippen molar-refractivity contribution in [2.75, 3.05) is 16.8 Å². The zero-order chi connectivity index (χ0) is 17.0. The van der Waals surface area contributed by atoms with E-state index in [9.17, 15) is 9.59 Å². The van der Waals surface area contributed by atoms with Gasteiger partial charge in [-0.1, -0.05) is 23.7 Å². The van der Waals surface area contributed by atoms with Crippen LogP contribution in [0.5, 0.6) is 0 Å². The molecule has 0 bridgehead atoms. The van der Waals surface area contributed by atoms with Gasteiger partial charge in [0.1, 0.15) is 6.54 Å². The number of carbonyl (C=O) groups is 2. The van der Waals surface area contributed by atoms with Gasteiger partial charge in [-0.25, -0.2) is 0 Å². The van der Waals surface area contributed by atoms with E-state index in [2.05, 4.69) is 5.32 Å². The van der Waals surface area contributed by atoms with E-state index in [1.54, 1.807) is 18.2 Å². The van der Waals surface area contributed by atoms with Gasteiger partial charge in [0.05, 0.1) is 0 Å². The highest BCUT2D eigenvalue weighted by Gasteiger charge is 2.17. The van der Waals surface area contributed by atoms with Gasteiger partial charge in [0.25, 0.3) is 0 Å². The SMILES string of the molecule is CC(=O)N(CC(=O)Nc1cccc(C)c1)c1ccc(Cl)cc1C. The molecule has 1 N–H and O–H groups in total. The van der Waals surface area contributed by atoms with Crippen molar-refractivity contribution in [3.8, 4) is 0 Å². The Morgan fingerprint density at radius 1 is 1.13 bits per heavy atom. The van der Waals surface area contributed by atoms with Crippen LogP contribution >= 0.6 is 11.6 Å². The van der Waals surface area contributed by atoms with E-state index in [0.717, 1.165) is 11.1 Å². The quantitative estimate of drug-likeness (QED) is 0.922. The third-order valence-corrected chi connectivity index (χ3v) is 3.67. The molecule has 4 nitrogen and oxygen atoms in total. The molecule has 5 heteroatoms. The zero-order valence-electron chi connectivity index (χ0n) is 13.4. The van der Waals surface area contributed by atoms with Crippen molar-refractivity contribution >= 4 is 34.8 Å². The molecule has 0 aliphatic rings. The predicted octanol–water partition coefficient (Wildman–Crippen LogP) is 3.95. The minimum absolute atomic E-state index is 0.0499. The van der Waals surface area contributed by atoms with Crippen molar-refractivity contribution < 1.29 is 9.59 Å². The molecule has 0 heterocycles. The van der Waals surface area contributed by atoms with Crippen molar-refractivity contribution in [2.45, 2.75) is 20.8 Å². The molecule has 0 aliphatic heterocycles. The standard InChI is InChI=1S/C18H19ClN2O2/c1-12-5-4-6-16(9-12)20-18(23)11-21(14(3)22)17-8-7-15(19)10-13(17)2/h4-10H,11H2,1-3H3,(H,20,23). The van der Waals surface area contributed by atoms with Gasteiger partial charge in [0, 0.05) is 23.3 Å². The van der Waals surface area contributed by atoms with Crippen LogP contribution in [0.3, 0.4) is 0 Å². The minimum atomic E-state index is -0.250. The van der Waals surface area contributed by atoms with E-state index in [1.807, 2.05) is 38.1 Å². The Kier molecular flexibility index (Phi) is 5.40. The Hall–Kier alpha value is -2.33. The van der Waals surface area contributed by atoms with Gasteiger partial charge < -0.3 is 10.2 Å². The van der Waals surface area contributed by atoms with Crippen molar-refractivity contribution in [1.82, 2.24) is 0 Å². The van der Waals surface area contributed by atoms with E-state index >= 15 is 0 Å².